The van der Waals surface area contributed by atoms with Crippen molar-refractivity contribution >= 4 is 53.9 Å². The van der Waals surface area contributed by atoms with E-state index in [9.17, 15) is 0 Å². The zero-order chi connectivity index (χ0) is 18.8. The van der Waals surface area contributed by atoms with Gasteiger partial charge in [-0.2, -0.15) is 0 Å². The molecular weight excluding hydrogens is 336 g/mol. The van der Waals surface area contributed by atoms with E-state index in [-0.39, 0.29) is 0 Å². The van der Waals surface area contributed by atoms with Crippen LogP contribution in [0.3, 0.4) is 0 Å². The van der Waals surface area contributed by atoms with Gasteiger partial charge in [-0.15, -0.1) is 0 Å². The summed E-state index contributed by atoms with van der Waals surface area (Å²) in [5.41, 5.74) is 2.61. The Morgan fingerprint density at radius 2 is 0.750 bits per heavy atom. The van der Waals surface area contributed by atoms with Crippen LogP contribution in [-0.4, -0.2) is 0 Å². The van der Waals surface area contributed by atoms with Crippen LogP contribution in [0, 0.1) is 13.8 Å². The second-order valence-electron chi connectivity index (χ2n) is 8.07. The predicted molar refractivity (Wildman–Crippen MR) is 123 cm³/mol. The van der Waals surface area contributed by atoms with E-state index in [1.54, 1.807) is 0 Å². The van der Waals surface area contributed by atoms with Gasteiger partial charge in [-0.25, -0.2) is 0 Å². The minimum absolute atomic E-state index is 1.31. The van der Waals surface area contributed by atoms with E-state index in [0.717, 1.165) is 0 Å². The first-order chi connectivity index (χ1) is 13.7. The van der Waals surface area contributed by atoms with Gasteiger partial charge in [0, 0.05) is 0 Å². The van der Waals surface area contributed by atoms with Crippen LogP contribution in [0.15, 0.2) is 84.9 Å². The summed E-state index contributed by atoms with van der Waals surface area (Å²) in [5.74, 6) is 0. The lowest BCUT2D eigenvalue weighted by Gasteiger charge is -2.11. The highest BCUT2D eigenvalue weighted by atomic mass is 14.1. The fraction of sp³-hybridized carbons (Fsp3) is 0.0714. The molecular formula is C28H20. The van der Waals surface area contributed by atoms with Crippen LogP contribution >= 0.6 is 0 Å². The van der Waals surface area contributed by atoms with Gasteiger partial charge < -0.3 is 0 Å². The molecule has 0 aromatic heterocycles. The third kappa shape index (κ3) is 2.25. The molecule has 0 aliphatic heterocycles. The van der Waals surface area contributed by atoms with Crippen molar-refractivity contribution in [3.05, 3.63) is 96.1 Å². The first kappa shape index (κ1) is 15.7. The molecule has 132 valence electrons. The lowest BCUT2D eigenvalue weighted by molar-refractivity contribution is 1.51. The van der Waals surface area contributed by atoms with Crippen molar-refractivity contribution < 1.29 is 0 Å². The van der Waals surface area contributed by atoms with Crippen molar-refractivity contribution in [2.45, 2.75) is 13.8 Å². The summed E-state index contributed by atoms with van der Waals surface area (Å²) in [7, 11) is 0. The molecule has 0 amide bonds. The van der Waals surface area contributed by atoms with Crippen LogP contribution < -0.4 is 0 Å². The Kier molecular flexibility index (Phi) is 3.11. The molecule has 28 heavy (non-hydrogen) atoms. The van der Waals surface area contributed by atoms with Crippen LogP contribution in [0.5, 0.6) is 0 Å². The lowest BCUT2D eigenvalue weighted by Crippen LogP contribution is -1.84. The minimum Gasteiger partial charge on any atom is -0.0587 e. The second-order valence-corrected chi connectivity index (χ2v) is 8.07. The number of rotatable bonds is 0. The maximum absolute atomic E-state index is 2.35. The van der Waals surface area contributed by atoms with Gasteiger partial charge in [-0.05, 0) is 92.0 Å². The van der Waals surface area contributed by atoms with E-state index in [0.29, 0.717) is 0 Å². The molecule has 0 nitrogen and oxygen atoms in total. The van der Waals surface area contributed by atoms with Gasteiger partial charge >= 0.3 is 0 Å². The van der Waals surface area contributed by atoms with E-state index >= 15 is 0 Å². The maximum atomic E-state index is 2.35. The van der Waals surface area contributed by atoms with Crippen molar-refractivity contribution in [1.82, 2.24) is 0 Å². The zero-order valence-corrected chi connectivity index (χ0v) is 16.1. The second kappa shape index (κ2) is 5.56. The molecule has 6 aromatic rings. The van der Waals surface area contributed by atoms with Gasteiger partial charge in [-0.1, -0.05) is 71.8 Å². The van der Waals surface area contributed by atoms with Crippen molar-refractivity contribution in [3.8, 4) is 0 Å². The normalized spacial score (nSPS) is 11.9. The van der Waals surface area contributed by atoms with Crippen LogP contribution in [0.1, 0.15) is 11.1 Å². The van der Waals surface area contributed by atoms with Crippen molar-refractivity contribution in [2.75, 3.05) is 0 Å². The molecule has 6 rings (SSSR count). The summed E-state index contributed by atoms with van der Waals surface area (Å²) in [6, 6.07) is 31.9. The van der Waals surface area contributed by atoms with Crippen molar-refractivity contribution in [1.29, 1.82) is 0 Å². The Morgan fingerprint density at radius 3 is 1.21 bits per heavy atom. The molecule has 0 heteroatoms. The van der Waals surface area contributed by atoms with Gasteiger partial charge in [-0.3, -0.25) is 0 Å². The van der Waals surface area contributed by atoms with E-state index in [4.69, 9.17) is 0 Å². The van der Waals surface area contributed by atoms with Gasteiger partial charge in [0.15, 0.2) is 0 Å². The summed E-state index contributed by atoms with van der Waals surface area (Å²) in [4.78, 5) is 0. The molecule has 0 aliphatic carbocycles. The third-order valence-corrected chi connectivity index (χ3v) is 6.06. The Morgan fingerprint density at radius 1 is 0.321 bits per heavy atom. The quantitative estimate of drug-likeness (QED) is 0.191. The highest BCUT2D eigenvalue weighted by Crippen LogP contribution is 2.35. The van der Waals surface area contributed by atoms with Gasteiger partial charge in [0.05, 0.1) is 0 Å². The fourth-order valence-electron chi connectivity index (χ4n) is 4.61. The Bertz CT molecular complexity index is 1450. The highest BCUT2D eigenvalue weighted by Gasteiger charge is 2.08. The summed E-state index contributed by atoms with van der Waals surface area (Å²) < 4.78 is 0. The predicted octanol–water partition coefficient (Wildman–Crippen LogP) is 8.07. The molecule has 0 heterocycles. The standard InChI is InChI=1S/C28H20/c1-17-3-5-19-15-27-21(13-23(19)11-17)7-9-26-25(27)10-8-22-14-24-12-18(2)4-6-20(24)16-28(22)26/h3-16H,1-2H3. The number of benzene rings is 6. The molecule has 0 saturated carbocycles. The Balaban J connectivity index is 1.74. The SMILES string of the molecule is Cc1ccc2cc3c(ccc4c5cc6ccc(C)cc6cc5ccc34)cc2c1. The van der Waals surface area contributed by atoms with Crippen LogP contribution in [0.4, 0.5) is 0 Å². The van der Waals surface area contributed by atoms with Crippen molar-refractivity contribution in [2.24, 2.45) is 0 Å². The smallest absolute Gasteiger partial charge is 0.00987 e. The van der Waals surface area contributed by atoms with E-state index in [2.05, 4.69) is 98.8 Å². The highest BCUT2D eigenvalue weighted by molar-refractivity contribution is 6.20. The number of hydrogen-bond acceptors (Lipinski definition) is 0. The molecule has 0 saturated heterocycles. The van der Waals surface area contributed by atoms with E-state index < -0.39 is 0 Å². The average molecular weight is 356 g/mol. The summed E-state index contributed by atoms with van der Waals surface area (Å²) in [5, 5.41) is 13.2. The third-order valence-electron chi connectivity index (χ3n) is 6.06. The molecule has 0 N–H and O–H groups in total. The molecule has 0 atom stereocenters. The maximum Gasteiger partial charge on any atom is -0.00987 e. The van der Waals surface area contributed by atoms with E-state index in [1.165, 1.54) is 65.0 Å². The molecule has 0 unspecified atom stereocenters. The van der Waals surface area contributed by atoms with E-state index in [1.807, 2.05) is 0 Å². The number of fused-ring (bicyclic) bond motifs is 7. The molecule has 0 fully saturated rings. The minimum atomic E-state index is 1.31. The molecule has 0 spiro atoms. The zero-order valence-electron chi connectivity index (χ0n) is 16.1. The molecule has 0 aliphatic rings. The molecule has 0 bridgehead atoms. The topological polar surface area (TPSA) is 0 Å². The summed E-state index contributed by atoms with van der Waals surface area (Å²) >= 11 is 0. The van der Waals surface area contributed by atoms with Crippen LogP contribution in [0.2, 0.25) is 0 Å². The monoisotopic (exact) mass is 356 g/mol. The largest absolute Gasteiger partial charge is 0.0587 e. The van der Waals surface area contributed by atoms with Gasteiger partial charge in [0.1, 0.15) is 0 Å². The molecule has 6 aromatic carbocycles. The van der Waals surface area contributed by atoms with Crippen molar-refractivity contribution in [3.63, 3.8) is 0 Å². The summed E-state index contributed by atoms with van der Waals surface area (Å²) in [6.45, 7) is 4.31. The number of aryl methyl sites for hydroxylation is 2. The first-order valence-corrected chi connectivity index (χ1v) is 9.86. The number of hydrogen-bond donors (Lipinski definition) is 0. The molecule has 0 radical (unpaired) electrons. The Labute approximate surface area is 164 Å². The van der Waals surface area contributed by atoms with Crippen LogP contribution in [0.25, 0.3) is 53.9 Å². The first-order valence-electron chi connectivity index (χ1n) is 9.86. The fourth-order valence-corrected chi connectivity index (χ4v) is 4.61. The van der Waals surface area contributed by atoms with Crippen LogP contribution in [-0.2, 0) is 0 Å². The van der Waals surface area contributed by atoms with Gasteiger partial charge in [0.25, 0.3) is 0 Å². The van der Waals surface area contributed by atoms with Gasteiger partial charge in [0.2, 0.25) is 0 Å². The summed E-state index contributed by atoms with van der Waals surface area (Å²) in [6.07, 6.45) is 0. The average Bonchev–Trinajstić information content (AvgIpc) is 2.70. The lowest BCUT2D eigenvalue weighted by atomic mass is 9.93. The Hall–Kier alpha value is -3.38.